The fraction of sp³-hybridized carbons (Fsp3) is 0.267. The van der Waals surface area contributed by atoms with Crippen molar-refractivity contribution in [3.05, 3.63) is 48.4 Å². The lowest BCUT2D eigenvalue weighted by molar-refractivity contribution is 0.0960. The minimum absolute atomic E-state index is 0.184. The third-order valence-corrected chi connectivity index (χ3v) is 2.93. The number of methoxy groups -OCH3 is 1. The van der Waals surface area contributed by atoms with Crippen LogP contribution < -0.4 is 15.4 Å². The van der Waals surface area contributed by atoms with E-state index in [1.54, 1.807) is 24.1 Å². The Morgan fingerprint density at radius 2 is 2.20 bits per heavy atom. The van der Waals surface area contributed by atoms with E-state index in [9.17, 15) is 4.79 Å². The third-order valence-electron chi connectivity index (χ3n) is 2.93. The van der Waals surface area contributed by atoms with Gasteiger partial charge in [-0.15, -0.1) is 0 Å². The van der Waals surface area contributed by atoms with E-state index < -0.39 is 0 Å². The SMILES string of the molecule is COc1cccc(N(CCCN)C(=O)c2ccco2)c1. The molecule has 2 aromatic rings. The van der Waals surface area contributed by atoms with Crippen molar-refractivity contribution in [2.45, 2.75) is 6.42 Å². The molecule has 5 heteroatoms. The van der Waals surface area contributed by atoms with Gasteiger partial charge in [-0.1, -0.05) is 6.07 Å². The molecule has 1 heterocycles. The molecule has 20 heavy (non-hydrogen) atoms. The summed E-state index contributed by atoms with van der Waals surface area (Å²) in [6, 6.07) is 10.7. The first-order chi connectivity index (χ1) is 9.76. The van der Waals surface area contributed by atoms with Gasteiger partial charge < -0.3 is 19.8 Å². The monoisotopic (exact) mass is 274 g/mol. The molecule has 0 atom stereocenters. The lowest BCUT2D eigenvalue weighted by atomic mass is 10.2. The van der Waals surface area contributed by atoms with Gasteiger partial charge in [-0.25, -0.2) is 0 Å². The summed E-state index contributed by atoms with van der Waals surface area (Å²) in [5.74, 6) is 0.828. The van der Waals surface area contributed by atoms with Crippen LogP contribution in [-0.2, 0) is 0 Å². The number of ether oxygens (including phenoxy) is 1. The molecule has 0 aliphatic heterocycles. The number of anilines is 1. The molecule has 5 nitrogen and oxygen atoms in total. The Bertz CT molecular complexity index is 552. The molecular weight excluding hydrogens is 256 g/mol. The van der Waals surface area contributed by atoms with E-state index in [-0.39, 0.29) is 5.91 Å². The van der Waals surface area contributed by atoms with Gasteiger partial charge in [0.2, 0.25) is 0 Å². The van der Waals surface area contributed by atoms with Gasteiger partial charge in [0.15, 0.2) is 5.76 Å². The number of hydrogen-bond donors (Lipinski definition) is 1. The molecule has 2 N–H and O–H groups in total. The van der Waals surface area contributed by atoms with Gasteiger partial charge in [0, 0.05) is 18.3 Å². The van der Waals surface area contributed by atoms with Crippen molar-refractivity contribution in [1.82, 2.24) is 0 Å². The number of nitrogens with two attached hydrogens (primary N) is 1. The lowest BCUT2D eigenvalue weighted by Gasteiger charge is -2.22. The number of benzene rings is 1. The minimum Gasteiger partial charge on any atom is -0.497 e. The van der Waals surface area contributed by atoms with E-state index in [1.165, 1.54) is 6.26 Å². The van der Waals surface area contributed by atoms with Gasteiger partial charge >= 0.3 is 0 Å². The van der Waals surface area contributed by atoms with E-state index in [4.69, 9.17) is 14.9 Å². The van der Waals surface area contributed by atoms with Crippen LogP contribution >= 0.6 is 0 Å². The molecule has 0 saturated heterocycles. The number of amides is 1. The lowest BCUT2D eigenvalue weighted by Crippen LogP contribution is -2.32. The van der Waals surface area contributed by atoms with Crippen LogP contribution in [0.3, 0.4) is 0 Å². The van der Waals surface area contributed by atoms with Gasteiger partial charge in [-0.2, -0.15) is 0 Å². The normalized spacial score (nSPS) is 10.3. The third kappa shape index (κ3) is 3.19. The van der Waals surface area contributed by atoms with Gasteiger partial charge in [0.25, 0.3) is 5.91 Å². The van der Waals surface area contributed by atoms with Gasteiger partial charge in [-0.3, -0.25) is 4.79 Å². The van der Waals surface area contributed by atoms with Crippen LogP contribution in [0.4, 0.5) is 5.69 Å². The Labute approximate surface area is 117 Å². The predicted octanol–water partition coefficient (Wildman–Crippen LogP) is 2.28. The van der Waals surface area contributed by atoms with Crippen molar-refractivity contribution in [3.63, 3.8) is 0 Å². The van der Waals surface area contributed by atoms with Crippen molar-refractivity contribution in [2.24, 2.45) is 5.73 Å². The molecule has 0 unspecified atom stereocenters. The first-order valence-corrected chi connectivity index (χ1v) is 6.45. The molecule has 0 aliphatic carbocycles. The molecule has 2 rings (SSSR count). The van der Waals surface area contributed by atoms with Crippen LogP contribution in [0.15, 0.2) is 47.1 Å². The van der Waals surface area contributed by atoms with Crippen LogP contribution in [0.5, 0.6) is 5.75 Å². The fourth-order valence-electron chi connectivity index (χ4n) is 1.91. The Morgan fingerprint density at radius 1 is 1.35 bits per heavy atom. The Morgan fingerprint density at radius 3 is 2.85 bits per heavy atom. The molecule has 1 aromatic heterocycles. The van der Waals surface area contributed by atoms with E-state index in [2.05, 4.69) is 0 Å². The summed E-state index contributed by atoms with van der Waals surface area (Å²) in [7, 11) is 1.59. The Hall–Kier alpha value is -2.27. The largest absolute Gasteiger partial charge is 0.497 e. The van der Waals surface area contributed by atoms with E-state index in [1.807, 2.05) is 24.3 Å². The number of nitrogens with zero attached hydrogens (tertiary/aromatic N) is 1. The summed E-state index contributed by atoms with van der Waals surface area (Å²) in [5.41, 5.74) is 6.31. The van der Waals surface area contributed by atoms with Crippen molar-refractivity contribution < 1.29 is 13.9 Å². The molecule has 1 aromatic carbocycles. The molecule has 1 amide bonds. The molecule has 0 bridgehead atoms. The van der Waals surface area contributed by atoms with Gasteiger partial charge in [0.1, 0.15) is 5.75 Å². The van der Waals surface area contributed by atoms with Gasteiger partial charge in [0.05, 0.1) is 13.4 Å². The summed E-state index contributed by atoms with van der Waals surface area (Å²) < 4.78 is 10.4. The maximum absolute atomic E-state index is 12.5. The van der Waals surface area contributed by atoms with Crippen LogP contribution in [0.2, 0.25) is 0 Å². The molecule has 0 fully saturated rings. The average Bonchev–Trinajstić information content (AvgIpc) is 3.02. The summed E-state index contributed by atoms with van der Waals surface area (Å²) in [6.45, 7) is 1.05. The van der Waals surface area contributed by atoms with E-state index in [0.717, 1.165) is 5.69 Å². The van der Waals surface area contributed by atoms with Gasteiger partial charge in [-0.05, 0) is 37.2 Å². The zero-order chi connectivity index (χ0) is 14.4. The topological polar surface area (TPSA) is 68.7 Å². The summed E-state index contributed by atoms with van der Waals surface area (Å²) in [4.78, 5) is 14.1. The minimum atomic E-state index is -0.184. The molecule has 106 valence electrons. The number of hydrogen-bond acceptors (Lipinski definition) is 4. The quantitative estimate of drug-likeness (QED) is 0.877. The Balaban J connectivity index is 2.28. The summed E-state index contributed by atoms with van der Waals surface area (Å²) >= 11 is 0. The zero-order valence-electron chi connectivity index (χ0n) is 11.4. The zero-order valence-corrected chi connectivity index (χ0v) is 11.4. The maximum atomic E-state index is 12.5. The highest BCUT2D eigenvalue weighted by atomic mass is 16.5. The molecular formula is C15H18N2O3. The fourth-order valence-corrected chi connectivity index (χ4v) is 1.91. The van der Waals surface area contributed by atoms with Crippen molar-refractivity contribution >= 4 is 11.6 Å². The van der Waals surface area contributed by atoms with Crippen molar-refractivity contribution in [3.8, 4) is 5.75 Å². The highest BCUT2D eigenvalue weighted by Gasteiger charge is 2.19. The van der Waals surface area contributed by atoms with Crippen LogP contribution in [0, 0.1) is 0 Å². The molecule has 0 saturated carbocycles. The molecule has 0 spiro atoms. The van der Waals surface area contributed by atoms with E-state index in [0.29, 0.717) is 31.0 Å². The highest BCUT2D eigenvalue weighted by Crippen LogP contribution is 2.23. The highest BCUT2D eigenvalue weighted by molar-refractivity contribution is 6.04. The smallest absolute Gasteiger partial charge is 0.293 e. The number of rotatable bonds is 6. The number of furan rings is 1. The number of carbonyl (C=O) groups excluding carboxylic acids is 1. The van der Waals surface area contributed by atoms with E-state index >= 15 is 0 Å². The molecule has 0 aliphatic rings. The standard InChI is InChI=1S/C15H18N2O3/c1-19-13-6-2-5-12(11-13)17(9-4-8-16)15(18)14-7-3-10-20-14/h2-3,5-7,10-11H,4,8-9,16H2,1H3. The predicted molar refractivity (Wildman–Crippen MR) is 77.0 cm³/mol. The summed E-state index contributed by atoms with van der Waals surface area (Å²) in [5, 5.41) is 0. The first-order valence-electron chi connectivity index (χ1n) is 6.45. The maximum Gasteiger partial charge on any atom is 0.293 e. The van der Waals surface area contributed by atoms with Crippen LogP contribution in [0.1, 0.15) is 17.0 Å². The first kappa shape index (κ1) is 14.1. The van der Waals surface area contributed by atoms with Crippen LogP contribution in [0.25, 0.3) is 0 Å². The van der Waals surface area contributed by atoms with Crippen molar-refractivity contribution in [2.75, 3.05) is 25.1 Å². The number of carbonyl (C=O) groups is 1. The molecule has 0 radical (unpaired) electrons. The second-order valence-electron chi connectivity index (χ2n) is 4.28. The second kappa shape index (κ2) is 6.77. The second-order valence-corrected chi connectivity index (χ2v) is 4.28. The average molecular weight is 274 g/mol. The summed E-state index contributed by atoms with van der Waals surface area (Å²) in [6.07, 6.45) is 2.20. The van der Waals surface area contributed by atoms with Crippen LogP contribution in [-0.4, -0.2) is 26.1 Å². The van der Waals surface area contributed by atoms with Crippen molar-refractivity contribution in [1.29, 1.82) is 0 Å². The Kier molecular flexibility index (Phi) is 4.79.